The summed E-state index contributed by atoms with van der Waals surface area (Å²) < 4.78 is 15.8. The number of ether oxygens (including phenoxy) is 3. The molecule has 0 radical (unpaired) electrons. The summed E-state index contributed by atoms with van der Waals surface area (Å²) in [7, 11) is 5.05. The van der Waals surface area contributed by atoms with Crippen LogP contribution in [-0.4, -0.2) is 66.1 Å². The average molecular weight is 492 g/mol. The summed E-state index contributed by atoms with van der Waals surface area (Å²) in [6.07, 6.45) is 2.10. The molecule has 154 valence electrons. The first kappa shape index (κ1) is 23.6. The Balaban J connectivity index is 0.00000364. The Morgan fingerprint density at radius 2 is 1.74 bits per heavy atom. The molecule has 0 aliphatic carbocycles. The Labute approximate surface area is 179 Å². The van der Waals surface area contributed by atoms with E-state index in [-0.39, 0.29) is 24.0 Å². The lowest BCUT2D eigenvalue weighted by atomic mass is 10.0. The van der Waals surface area contributed by atoms with Crippen LogP contribution in [-0.2, 0) is 4.74 Å². The summed E-state index contributed by atoms with van der Waals surface area (Å²) >= 11 is 0. The van der Waals surface area contributed by atoms with Crippen molar-refractivity contribution in [2.24, 2.45) is 4.99 Å². The molecule has 0 aromatic heterocycles. The molecule has 27 heavy (non-hydrogen) atoms. The lowest BCUT2D eigenvalue weighted by Crippen LogP contribution is -2.48. The number of methoxy groups -OCH3 is 3. The first-order valence-corrected chi connectivity index (χ1v) is 9.22. The van der Waals surface area contributed by atoms with Crippen LogP contribution in [0.4, 0.5) is 5.69 Å². The number of aliphatic imine (C=N–C) groups is 1. The topological polar surface area (TPSA) is 67.4 Å². The molecule has 1 aliphatic heterocycles. The molecule has 0 unspecified atom stereocenters. The largest absolute Gasteiger partial charge is 0.497 e. The first-order valence-electron chi connectivity index (χ1n) is 9.22. The minimum atomic E-state index is 0. The van der Waals surface area contributed by atoms with Crippen LogP contribution in [0.3, 0.4) is 0 Å². The lowest BCUT2D eigenvalue weighted by molar-refractivity contribution is 0.207. The van der Waals surface area contributed by atoms with Gasteiger partial charge in [-0.25, -0.2) is 0 Å². The number of piperidine rings is 1. The number of benzene rings is 1. The van der Waals surface area contributed by atoms with Gasteiger partial charge in [-0.1, -0.05) is 0 Å². The standard InChI is InChI=1S/C19H32N4O3.HI/c1-5-20-19(21-8-11-24-2)22-15-6-9-23(10-7-15)16-12-17(25-3)14-18(13-16)26-4;/h12-15H,5-11H2,1-4H3,(H2,20,21,22);1H. The Bertz CT molecular complexity index is 556. The van der Waals surface area contributed by atoms with E-state index in [1.54, 1.807) is 21.3 Å². The van der Waals surface area contributed by atoms with Crippen LogP contribution < -0.4 is 25.0 Å². The summed E-state index contributed by atoms with van der Waals surface area (Å²) in [5, 5.41) is 6.84. The van der Waals surface area contributed by atoms with Gasteiger partial charge in [0.1, 0.15) is 11.5 Å². The molecule has 2 rings (SSSR count). The van der Waals surface area contributed by atoms with Crippen LogP contribution in [0.15, 0.2) is 23.2 Å². The SMILES string of the molecule is CCNC(=NCCOC)NC1CCN(c2cc(OC)cc(OC)c2)CC1.I. The predicted octanol–water partition coefficient (Wildman–Crippen LogP) is 2.49. The zero-order chi connectivity index (χ0) is 18.8. The van der Waals surface area contributed by atoms with E-state index in [4.69, 9.17) is 14.2 Å². The normalized spacial score (nSPS) is 15.1. The van der Waals surface area contributed by atoms with E-state index in [2.05, 4.69) is 39.6 Å². The highest BCUT2D eigenvalue weighted by molar-refractivity contribution is 14.0. The van der Waals surface area contributed by atoms with Gasteiger partial charge in [-0.15, -0.1) is 24.0 Å². The third-order valence-electron chi connectivity index (χ3n) is 4.45. The van der Waals surface area contributed by atoms with Crippen molar-refractivity contribution < 1.29 is 14.2 Å². The van der Waals surface area contributed by atoms with Crippen molar-refractivity contribution in [3.63, 3.8) is 0 Å². The molecular formula is C19H33IN4O3. The number of nitrogens with zero attached hydrogens (tertiary/aromatic N) is 2. The number of anilines is 1. The molecule has 0 saturated carbocycles. The number of guanidine groups is 1. The maximum Gasteiger partial charge on any atom is 0.191 e. The van der Waals surface area contributed by atoms with Gasteiger partial charge in [0, 0.05) is 56.7 Å². The van der Waals surface area contributed by atoms with E-state index in [1.807, 2.05) is 6.07 Å². The lowest BCUT2D eigenvalue weighted by Gasteiger charge is -2.34. The van der Waals surface area contributed by atoms with Gasteiger partial charge in [0.05, 0.1) is 27.4 Å². The van der Waals surface area contributed by atoms with E-state index < -0.39 is 0 Å². The van der Waals surface area contributed by atoms with Crippen molar-refractivity contribution in [1.82, 2.24) is 10.6 Å². The third-order valence-corrected chi connectivity index (χ3v) is 4.45. The van der Waals surface area contributed by atoms with E-state index in [0.29, 0.717) is 19.2 Å². The first-order chi connectivity index (χ1) is 12.7. The predicted molar refractivity (Wildman–Crippen MR) is 121 cm³/mol. The van der Waals surface area contributed by atoms with Crippen LogP contribution in [0.25, 0.3) is 0 Å². The van der Waals surface area contributed by atoms with Crippen molar-refractivity contribution in [1.29, 1.82) is 0 Å². The van der Waals surface area contributed by atoms with Crippen molar-refractivity contribution in [3.8, 4) is 11.5 Å². The number of hydrogen-bond acceptors (Lipinski definition) is 5. The minimum absolute atomic E-state index is 0. The molecule has 0 amide bonds. The fourth-order valence-corrected chi connectivity index (χ4v) is 3.02. The molecule has 1 aromatic rings. The van der Waals surface area contributed by atoms with Gasteiger partial charge in [0.15, 0.2) is 5.96 Å². The summed E-state index contributed by atoms with van der Waals surface area (Å²) in [5.41, 5.74) is 1.14. The average Bonchev–Trinajstić information content (AvgIpc) is 2.68. The maximum atomic E-state index is 5.38. The Kier molecular flexibility index (Phi) is 11.3. The highest BCUT2D eigenvalue weighted by Gasteiger charge is 2.21. The highest BCUT2D eigenvalue weighted by atomic mass is 127. The van der Waals surface area contributed by atoms with Crippen LogP contribution in [0.2, 0.25) is 0 Å². The molecule has 1 saturated heterocycles. The molecule has 1 aromatic carbocycles. The smallest absolute Gasteiger partial charge is 0.191 e. The van der Waals surface area contributed by atoms with E-state index in [1.165, 1.54) is 0 Å². The summed E-state index contributed by atoms with van der Waals surface area (Å²) in [5.74, 6) is 2.50. The van der Waals surface area contributed by atoms with Crippen molar-refractivity contribution in [2.75, 3.05) is 59.0 Å². The van der Waals surface area contributed by atoms with Crippen molar-refractivity contribution in [2.45, 2.75) is 25.8 Å². The molecule has 1 heterocycles. The summed E-state index contributed by atoms with van der Waals surface area (Å²) in [6.45, 7) is 6.17. The fourth-order valence-electron chi connectivity index (χ4n) is 3.02. The molecule has 1 fully saturated rings. The van der Waals surface area contributed by atoms with Crippen LogP contribution >= 0.6 is 24.0 Å². The number of hydrogen-bond donors (Lipinski definition) is 2. The quantitative estimate of drug-likeness (QED) is 0.252. The van der Waals surface area contributed by atoms with Gasteiger partial charge in [0.25, 0.3) is 0 Å². The molecule has 7 nitrogen and oxygen atoms in total. The third kappa shape index (κ3) is 7.61. The Morgan fingerprint density at radius 3 is 2.26 bits per heavy atom. The second kappa shape index (κ2) is 12.9. The zero-order valence-corrected chi connectivity index (χ0v) is 19.1. The molecule has 8 heteroatoms. The Morgan fingerprint density at radius 1 is 1.11 bits per heavy atom. The van der Waals surface area contributed by atoms with E-state index in [9.17, 15) is 0 Å². The molecule has 0 spiro atoms. The van der Waals surface area contributed by atoms with Gasteiger partial charge in [-0.05, 0) is 19.8 Å². The highest BCUT2D eigenvalue weighted by Crippen LogP contribution is 2.30. The molecular weight excluding hydrogens is 459 g/mol. The fraction of sp³-hybridized carbons (Fsp3) is 0.632. The van der Waals surface area contributed by atoms with E-state index >= 15 is 0 Å². The van der Waals surface area contributed by atoms with Crippen molar-refractivity contribution >= 4 is 35.6 Å². The molecule has 2 N–H and O–H groups in total. The molecule has 0 bridgehead atoms. The second-order valence-corrected chi connectivity index (χ2v) is 6.23. The molecule has 1 aliphatic rings. The number of rotatable bonds is 8. The minimum Gasteiger partial charge on any atom is -0.497 e. The summed E-state index contributed by atoms with van der Waals surface area (Å²) in [6, 6.07) is 6.44. The Hall–Kier alpha value is -1.42. The number of nitrogens with one attached hydrogen (secondary N) is 2. The maximum absolute atomic E-state index is 5.38. The van der Waals surface area contributed by atoms with Gasteiger partial charge >= 0.3 is 0 Å². The van der Waals surface area contributed by atoms with Crippen LogP contribution in [0.1, 0.15) is 19.8 Å². The van der Waals surface area contributed by atoms with E-state index in [0.717, 1.165) is 55.6 Å². The monoisotopic (exact) mass is 492 g/mol. The zero-order valence-electron chi connectivity index (χ0n) is 16.8. The van der Waals surface area contributed by atoms with Crippen molar-refractivity contribution in [3.05, 3.63) is 18.2 Å². The summed E-state index contributed by atoms with van der Waals surface area (Å²) in [4.78, 5) is 6.92. The van der Waals surface area contributed by atoms with Gasteiger partial charge in [-0.2, -0.15) is 0 Å². The second-order valence-electron chi connectivity index (χ2n) is 6.23. The van der Waals surface area contributed by atoms with Crippen LogP contribution in [0.5, 0.6) is 11.5 Å². The van der Waals surface area contributed by atoms with Gasteiger partial charge in [-0.3, -0.25) is 4.99 Å². The number of halogens is 1. The molecule has 0 atom stereocenters. The van der Waals surface area contributed by atoms with Gasteiger partial charge in [0.2, 0.25) is 0 Å². The van der Waals surface area contributed by atoms with Gasteiger partial charge < -0.3 is 29.7 Å². The van der Waals surface area contributed by atoms with Crippen LogP contribution in [0, 0.1) is 0 Å².